The van der Waals surface area contributed by atoms with Crippen molar-refractivity contribution in [1.29, 1.82) is 0 Å². The summed E-state index contributed by atoms with van der Waals surface area (Å²) < 4.78 is 4.64. The van der Waals surface area contributed by atoms with Gasteiger partial charge in [0, 0.05) is 0 Å². The third-order valence-corrected chi connectivity index (χ3v) is 2.56. The van der Waals surface area contributed by atoms with Gasteiger partial charge < -0.3 is 15.2 Å². The largest absolute Gasteiger partial charge is 0.465 e. The second-order valence-corrected chi connectivity index (χ2v) is 3.75. The van der Waals surface area contributed by atoms with Crippen molar-refractivity contribution < 1.29 is 14.6 Å². The molecule has 0 saturated heterocycles. The summed E-state index contributed by atoms with van der Waals surface area (Å²) in [6.07, 6.45) is 0.802. The summed E-state index contributed by atoms with van der Waals surface area (Å²) in [5, 5.41) is 12.2. The van der Waals surface area contributed by atoms with Gasteiger partial charge in [-0.1, -0.05) is 6.92 Å². The normalized spacial score (nSPS) is 12.0. The number of nitrogens with one attached hydrogen (secondary N) is 1. The van der Waals surface area contributed by atoms with Crippen molar-refractivity contribution in [3.05, 3.63) is 23.4 Å². The Morgan fingerprint density at radius 3 is 2.76 bits per heavy atom. The first-order valence-corrected chi connectivity index (χ1v) is 5.55. The van der Waals surface area contributed by atoms with Crippen LogP contribution >= 0.6 is 0 Å². The molecule has 5 heteroatoms. The maximum Gasteiger partial charge on any atom is 0.339 e. The van der Waals surface area contributed by atoms with Crippen molar-refractivity contribution in [1.82, 2.24) is 4.98 Å². The number of carbonyl (C=O) groups is 1. The van der Waals surface area contributed by atoms with E-state index in [1.807, 2.05) is 6.92 Å². The zero-order valence-electron chi connectivity index (χ0n) is 10.4. The average Bonchev–Trinajstić information content (AvgIpc) is 2.35. The van der Waals surface area contributed by atoms with E-state index in [9.17, 15) is 4.79 Å². The number of aliphatic hydroxyl groups excluding tert-OH is 1. The molecule has 94 valence electrons. The predicted octanol–water partition coefficient (Wildman–Crippen LogP) is 1.36. The summed E-state index contributed by atoms with van der Waals surface area (Å²) in [7, 11) is 1.34. The Morgan fingerprint density at radius 1 is 1.59 bits per heavy atom. The Balaban J connectivity index is 2.85. The monoisotopic (exact) mass is 238 g/mol. The lowest BCUT2D eigenvalue weighted by atomic mass is 10.2. The molecule has 1 atom stereocenters. The maximum atomic E-state index is 11.4. The summed E-state index contributed by atoms with van der Waals surface area (Å²) in [5.74, 6) is 0.256. The molecule has 0 fully saturated rings. The van der Waals surface area contributed by atoms with Crippen molar-refractivity contribution in [3.63, 3.8) is 0 Å². The van der Waals surface area contributed by atoms with E-state index in [1.54, 1.807) is 19.1 Å². The molecule has 0 aliphatic rings. The van der Waals surface area contributed by atoms with Gasteiger partial charge in [-0.15, -0.1) is 0 Å². The molecule has 5 nitrogen and oxygen atoms in total. The van der Waals surface area contributed by atoms with E-state index < -0.39 is 5.97 Å². The molecule has 0 amide bonds. The lowest BCUT2D eigenvalue weighted by Crippen LogP contribution is -2.23. The summed E-state index contributed by atoms with van der Waals surface area (Å²) in [6, 6.07) is 3.35. The first-order valence-electron chi connectivity index (χ1n) is 5.55. The highest BCUT2D eigenvalue weighted by Gasteiger charge is 2.11. The van der Waals surface area contributed by atoms with Crippen molar-refractivity contribution >= 4 is 11.8 Å². The van der Waals surface area contributed by atoms with Crippen LogP contribution < -0.4 is 5.32 Å². The highest BCUT2D eigenvalue weighted by molar-refractivity contribution is 5.90. The van der Waals surface area contributed by atoms with Gasteiger partial charge in [0.25, 0.3) is 0 Å². The number of carbonyl (C=O) groups excluding carboxylic acids is 1. The van der Waals surface area contributed by atoms with E-state index in [-0.39, 0.29) is 12.6 Å². The van der Waals surface area contributed by atoms with Crippen molar-refractivity contribution in [2.24, 2.45) is 0 Å². The molecular weight excluding hydrogens is 220 g/mol. The summed E-state index contributed by atoms with van der Waals surface area (Å²) in [5.41, 5.74) is 1.06. The number of anilines is 1. The number of ether oxygens (including phenoxy) is 1. The van der Waals surface area contributed by atoms with Crippen LogP contribution in [0.1, 0.15) is 29.4 Å². The lowest BCUT2D eigenvalue weighted by Gasteiger charge is -2.15. The molecule has 0 spiro atoms. The van der Waals surface area contributed by atoms with Crippen LogP contribution in [0.25, 0.3) is 0 Å². The van der Waals surface area contributed by atoms with Gasteiger partial charge in [0.2, 0.25) is 0 Å². The summed E-state index contributed by atoms with van der Waals surface area (Å²) >= 11 is 0. The van der Waals surface area contributed by atoms with Crippen LogP contribution in [0.3, 0.4) is 0 Å². The number of hydrogen-bond donors (Lipinski definition) is 2. The molecule has 0 aliphatic carbocycles. The number of esters is 1. The second-order valence-electron chi connectivity index (χ2n) is 3.75. The predicted molar refractivity (Wildman–Crippen MR) is 65.1 cm³/mol. The van der Waals surface area contributed by atoms with Crippen molar-refractivity contribution in [3.8, 4) is 0 Å². The van der Waals surface area contributed by atoms with Gasteiger partial charge in [0.1, 0.15) is 5.82 Å². The highest BCUT2D eigenvalue weighted by Crippen LogP contribution is 2.13. The molecular formula is C12H18N2O3. The number of methoxy groups -OCH3 is 1. The Morgan fingerprint density at radius 2 is 2.29 bits per heavy atom. The van der Waals surface area contributed by atoms with E-state index in [0.717, 1.165) is 6.42 Å². The molecule has 1 aromatic heterocycles. The Labute approximate surface area is 101 Å². The first kappa shape index (κ1) is 13.4. The topological polar surface area (TPSA) is 71.5 Å². The van der Waals surface area contributed by atoms with Crippen LogP contribution in [0.2, 0.25) is 0 Å². The third kappa shape index (κ3) is 3.42. The van der Waals surface area contributed by atoms with Gasteiger partial charge in [0.05, 0.1) is 31.0 Å². The fourth-order valence-electron chi connectivity index (χ4n) is 1.45. The Bertz CT molecular complexity index is 389. The van der Waals surface area contributed by atoms with Gasteiger partial charge in [-0.25, -0.2) is 9.78 Å². The molecule has 1 heterocycles. The molecule has 0 saturated carbocycles. The molecule has 0 bridgehead atoms. The second kappa shape index (κ2) is 6.20. The smallest absolute Gasteiger partial charge is 0.339 e. The van der Waals surface area contributed by atoms with Crippen LogP contribution in [0.4, 0.5) is 5.82 Å². The Kier molecular flexibility index (Phi) is 4.90. The van der Waals surface area contributed by atoms with Crippen LogP contribution in [-0.2, 0) is 4.74 Å². The van der Waals surface area contributed by atoms with Crippen molar-refractivity contribution in [2.45, 2.75) is 26.3 Å². The van der Waals surface area contributed by atoms with Crippen molar-refractivity contribution in [2.75, 3.05) is 19.0 Å². The number of pyridine rings is 1. The zero-order valence-corrected chi connectivity index (χ0v) is 10.4. The van der Waals surface area contributed by atoms with Gasteiger partial charge in [-0.05, 0) is 25.5 Å². The molecule has 0 radical (unpaired) electrons. The quantitative estimate of drug-likeness (QED) is 0.758. The van der Waals surface area contributed by atoms with Crippen LogP contribution in [0.5, 0.6) is 0 Å². The molecule has 1 aromatic rings. The SMILES string of the molecule is CCC(CO)Nc1ccc(C(=O)OC)c(C)n1. The van der Waals surface area contributed by atoms with Crippen LogP contribution in [-0.4, -0.2) is 35.8 Å². The molecule has 0 aliphatic heterocycles. The third-order valence-electron chi connectivity index (χ3n) is 2.56. The number of hydrogen-bond acceptors (Lipinski definition) is 5. The fourth-order valence-corrected chi connectivity index (χ4v) is 1.45. The number of aliphatic hydroxyl groups is 1. The number of aromatic nitrogens is 1. The van der Waals surface area contributed by atoms with E-state index in [0.29, 0.717) is 17.1 Å². The minimum atomic E-state index is -0.393. The average molecular weight is 238 g/mol. The fraction of sp³-hybridized carbons (Fsp3) is 0.500. The number of nitrogens with zero attached hydrogens (tertiary/aromatic N) is 1. The van der Waals surface area contributed by atoms with E-state index in [4.69, 9.17) is 5.11 Å². The molecule has 1 rings (SSSR count). The summed E-state index contributed by atoms with van der Waals surface area (Å²) in [4.78, 5) is 15.6. The van der Waals surface area contributed by atoms with Gasteiger partial charge in [0.15, 0.2) is 0 Å². The van der Waals surface area contributed by atoms with Gasteiger partial charge in [-0.3, -0.25) is 0 Å². The maximum absolute atomic E-state index is 11.4. The van der Waals surface area contributed by atoms with Gasteiger partial charge >= 0.3 is 5.97 Å². The zero-order chi connectivity index (χ0) is 12.8. The lowest BCUT2D eigenvalue weighted by molar-refractivity contribution is 0.0599. The Hall–Kier alpha value is -1.62. The highest BCUT2D eigenvalue weighted by atomic mass is 16.5. The molecule has 17 heavy (non-hydrogen) atoms. The van der Waals surface area contributed by atoms with E-state index in [1.165, 1.54) is 7.11 Å². The standard InChI is InChI=1S/C12H18N2O3/c1-4-9(7-15)14-11-6-5-10(8(2)13-11)12(16)17-3/h5-6,9,15H,4,7H2,1-3H3,(H,13,14). The van der Waals surface area contributed by atoms with Gasteiger partial charge in [-0.2, -0.15) is 0 Å². The minimum Gasteiger partial charge on any atom is -0.465 e. The first-order chi connectivity index (χ1) is 8.12. The molecule has 0 aromatic carbocycles. The van der Waals surface area contributed by atoms with E-state index in [2.05, 4.69) is 15.0 Å². The number of rotatable bonds is 5. The number of aryl methyl sites for hydroxylation is 1. The van der Waals surface area contributed by atoms with Crippen LogP contribution in [0, 0.1) is 6.92 Å². The molecule has 2 N–H and O–H groups in total. The van der Waals surface area contributed by atoms with E-state index >= 15 is 0 Å². The molecule has 1 unspecified atom stereocenters. The van der Waals surface area contributed by atoms with Crippen LogP contribution in [0.15, 0.2) is 12.1 Å². The summed E-state index contributed by atoms with van der Waals surface area (Å²) in [6.45, 7) is 3.77. The minimum absolute atomic E-state index is 0.0223.